The molecule has 0 spiro atoms. The molecular formula is C21H29BO3S. The van der Waals surface area contributed by atoms with Crippen molar-refractivity contribution in [3.8, 4) is 0 Å². The van der Waals surface area contributed by atoms with E-state index >= 15 is 0 Å². The first kappa shape index (κ1) is 18.5. The zero-order chi connectivity index (χ0) is 18.5. The van der Waals surface area contributed by atoms with Crippen molar-refractivity contribution in [1.82, 2.24) is 0 Å². The molecule has 0 aromatic heterocycles. The number of rotatable bonds is 3. The Morgan fingerprint density at radius 2 is 1.88 bits per heavy atom. The maximum Gasteiger partial charge on any atom is 0.494 e. The van der Waals surface area contributed by atoms with Crippen LogP contribution in [0.3, 0.4) is 0 Å². The minimum atomic E-state index is -0.655. The van der Waals surface area contributed by atoms with Gasteiger partial charge in [0.15, 0.2) is 0 Å². The molecule has 0 radical (unpaired) electrons. The van der Waals surface area contributed by atoms with E-state index in [2.05, 4.69) is 58.0 Å². The highest BCUT2D eigenvalue weighted by Gasteiger charge is 2.51. The van der Waals surface area contributed by atoms with E-state index in [1.807, 2.05) is 0 Å². The first-order valence-electron chi connectivity index (χ1n) is 9.79. The van der Waals surface area contributed by atoms with Gasteiger partial charge in [0.05, 0.1) is 16.5 Å². The first-order chi connectivity index (χ1) is 12.2. The molecule has 0 saturated carbocycles. The average molecular weight is 372 g/mol. The number of benzene rings is 1. The molecule has 3 atom stereocenters. The van der Waals surface area contributed by atoms with Crippen LogP contribution in [0.4, 0.5) is 0 Å². The summed E-state index contributed by atoms with van der Waals surface area (Å²) in [5.41, 5.74) is 3.18. The molecule has 0 N–H and O–H groups in total. The quantitative estimate of drug-likeness (QED) is 0.602. The average Bonchev–Trinajstić information content (AvgIpc) is 2.77. The molecule has 2 saturated heterocycles. The van der Waals surface area contributed by atoms with Crippen molar-refractivity contribution in [2.45, 2.75) is 81.5 Å². The van der Waals surface area contributed by atoms with Crippen LogP contribution in [0.1, 0.15) is 58.9 Å². The molecule has 2 fully saturated rings. The zero-order valence-corrected chi connectivity index (χ0v) is 17.1. The summed E-state index contributed by atoms with van der Waals surface area (Å²) >= 11 is 0. The van der Waals surface area contributed by atoms with Crippen molar-refractivity contribution in [1.29, 1.82) is 0 Å². The first-order valence-corrected chi connectivity index (χ1v) is 11.1. The van der Waals surface area contributed by atoms with Crippen LogP contribution in [-0.4, -0.2) is 33.0 Å². The van der Waals surface area contributed by atoms with Crippen molar-refractivity contribution in [3.05, 3.63) is 41.5 Å². The molecule has 2 bridgehead atoms. The Hall–Kier alpha value is -0.905. The number of allylic oxidation sites excluding steroid dienone is 1. The summed E-state index contributed by atoms with van der Waals surface area (Å²) in [6.45, 7) is 8.34. The van der Waals surface area contributed by atoms with Gasteiger partial charge in [0.2, 0.25) is 0 Å². The molecule has 3 aliphatic heterocycles. The fraction of sp³-hybridized carbons (Fsp3) is 0.619. The summed E-state index contributed by atoms with van der Waals surface area (Å²) in [6, 6.07) is 8.57. The fourth-order valence-electron chi connectivity index (χ4n) is 4.21. The van der Waals surface area contributed by atoms with Gasteiger partial charge in [0.25, 0.3) is 0 Å². The van der Waals surface area contributed by atoms with E-state index in [4.69, 9.17) is 9.31 Å². The van der Waals surface area contributed by atoms with Gasteiger partial charge in [-0.05, 0) is 64.4 Å². The third-order valence-electron chi connectivity index (χ3n) is 6.46. The lowest BCUT2D eigenvalue weighted by Crippen LogP contribution is -2.41. The van der Waals surface area contributed by atoms with E-state index < -0.39 is 10.8 Å². The molecule has 3 unspecified atom stereocenters. The minimum absolute atomic E-state index is 0.281. The van der Waals surface area contributed by atoms with Gasteiger partial charge in [0.1, 0.15) is 0 Å². The van der Waals surface area contributed by atoms with Crippen molar-refractivity contribution in [3.63, 3.8) is 0 Å². The van der Waals surface area contributed by atoms with E-state index in [1.54, 1.807) is 0 Å². The van der Waals surface area contributed by atoms with Gasteiger partial charge in [-0.25, -0.2) is 0 Å². The molecule has 0 amide bonds. The van der Waals surface area contributed by atoms with Crippen LogP contribution in [0.15, 0.2) is 35.9 Å². The summed E-state index contributed by atoms with van der Waals surface area (Å²) in [4.78, 5) is 0. The highest BCUT2D eigenvalue weighted by molar-refractivity contribution is 7.86. The van der Waals surface area contributed by atoms with Gasteiger partial charge in [-0.1, -0.05) is 42.3 Å². The van der Waals surface area contributed by atoms with Crippen LogP contribution in [0, 0.1) is 0 Å². The predicted molar refractivity (Wildman–Crippen MR) is 108 cm³/mol. The van der Waals surface area contributed by atoms with E-state index in [0.29, 0.717) is 5.25 Å². The van der Waals surface area contributed by atoms with Gasteiger partial charge < -0.3 is 9.31 Å². The maximum atomic E-state index is 12.4. The summed E-state index contributed by atoms with van der Waals surface area (Å²) in [7, 11) is -0.968. The Morgan fingerprint density at radius 1 is 1.15 bits per heavy atom. The molecule has 0 aliphatic carbocycles. The van der Waals surface area contributed by atoms with Gasteiger partial charge in [-0.3, -0.25) is 4.21 Å². The minimum Gasteiger partial charge on any atom is -0.399 e. The van der Waals surface area contributed by atoms with Gasteiger partial charge in [-0.15, -0.1) is 0 Å². The Morgan fingerprint density at radius 3 is 2.58 bits per heavy atom. The van der Waals surface area contributed by atoms with Gasteiger partial charge in [-0.2, -0.15) is 0 Å². The lowest BCUT2D eigenvalue weighted by Gasteiger charge is -2.32. The summed E-state index contributed by atoms with van der Waals surface area (Å²) < 4.78 is 24.8. The third-order valence-corrected chi connectivity index (χ3v) is 8.49. The van der Waals surface area contributed by atoms with Crippen molar-refractivity contribution in [2.75, 3.05) is 0 Å². The molecule has 1 aromatic carbocycles. The normalized spacial score (nSPS) is 32.4. The number of fused-ring (bicyclic) bond motifs is 2. The Balaban J connectivity index is 1.52. The number of hydrogen-bond acceptors (Lipinski definition) is 3. The van der Waals surface area contributed by atoms with Crippen LogP contribution in [0.5, 0.6) is 0 Å². The SMILES string of the molecule is CC1(C)OB(c2cccc(CC3=CC4CCCC(C3)S4=O)c2)OC1(C)C. The largest absolute Gasteiger partial charge is 0.494 e. The second-order valence-electron chi connectivity index (χ2n) is 8.96. The molecular weight excluding hydrogens is 343 g/mol. The molecule has 140 valence electrons. The maximum absolute atomic E-state index is 12.4. The molecule has 3 aliphatic rings. The van der Waals surface area contributed by atoms with Crippen LogP contribution in [0.25, 0.3) is 0 Å². The standard InChI is InChI=1S/C21H29BO3S/c1-20(2)21(3,4)25-22(24-20)17-8-5-7-15(12-17)11-16-13-18-9-6-10-19(14-16)26(18)23/h5,7-8,12-13,18-19H,6,9-11,14H2,1-4H3. The second-order valence-corrected chi connectivity index (χ2v) is 10.9. The predicted octanol–water partition coefficient (Wildman–Crippen LogP) is 3.53. The lowest BCUT2D eigenvalue weighted by molar-refractivity contribution is 0.00578. The van der Waals surface area contributed by atoms with Crippen molar-refractivity contribution in [2.24, 2.45) is 0 Å². The van der Waals surface area contributed by atoms with Crippen molar-refractivity contribution < 1.29 is 13.5 Å². The topological polar surface area (TPSA) is 35.5 Å². The summed E-state index contributed by atoms with van der Waals surface area (Å²) in [5, 5.41) is 0.656. The van der Waals surface area contributed by atoms with E-state index in [-0.39, 0.29) is 23.6 Å². The zero-order valence-electron chi connectivity index (χ0n) is 16.3. The van der Waals surface area contributed by atoms with Crippen molar-refractivity contribution >= 4 is 23.4 Å². The molecule has 26 heavy (non-hydrogen) atoms. The van der Waals surface area contributed by atoms with E-state index in [1.165, 1.54) is 17.6 Å². The van der Waals surface area contributed by atoms with Gasteiger partial charge >= 0.3 is 7.12 Å². The Bertz CT molecular complexity index is 739. The molecule has 4 rings (SSSR count). The molecule has 1 aromatic rings. The van der Waals surface area contributed by atoms with Crippen LogP contribution < -0.4 is 5.46 Å². The number of hydrogen-bond donors (Lipinski definition) is 0. The Labute approximate surface area is 160 Å². The highest BCUT2D eigenvalue weighted by atomic mass is 32.2. The lowest BCUT2D eigenvalue weighted by atomic mass is 9.78. The molecule has 3 nitrogen and oxygen atoms in total. The van der Waals surface area contributed by atoms with Gasteiger partial charge in [0, 0.05) is 16.0 Å². The van der Waals surface area contributed by atoms with E-state index in [9.17, 15) is 4.21 Å². The molecule has 5 heteroatoms. The summed E-state index contributed by atoms with van der Waals surface area (Å²) in [5.74, 6) is 0. The summed E-state index contributed by atoms with van der Waals surface area (Å²) in [6.07, 6.45) is 7.66. The smallest absolute Gasteiger partial charge is 0.399 e. The highest BCUT2D eigenvalue weighted by Crippen LogP contribution is 2.37. The monoisotopic (exact) mass is 372 g/mol. The fourth-order valence-corrected chi connectivity index (χ4v) is 6.20. The second kappa shape index (κ2) is 6.61. The van der Waals surface area contributed by atoms with Crippen LogP contribution in [-0.2, 0) is 26.5 Å². The third kappa shape index (κ3) is 3.34. The van der Waals surface area contributed by atoms with Crippen LogP contribution in [0.2, 0.25) is 0 Å². The van der Waals surface area contributed by atoms with Crippen LogP contribution >= 0.6 is 0 Å². The Kier molecular flexibility index (Phi) is 4.69. The van der Waals surface area contributed by atoms with E-state index in [0.717, 1.165) is 31.1 Å². The molecule has 3 heterocycles.